The highest BCUT2D eigenvalue weighted by Gasteiger charge is 2.07. The first kappa shape index (κ1) is 16.0. The quantitative estimate of drug-likeness (QED) is 0.586. The Balaban J connectivity index is 2.63. The van der Waals surface area contributed by atoms with Crippen LogP contribution in [-0.2, 0) is 11.3 Å². The molecule has 0 atom stereocenters. The lowest BCUT2D eigenvalue weighted by Gasteiger charge is -2.13. The first-order valence-corrected chi connectivity index (χ1v) is 6.76. The third kappa shape index (κ3) is 6.10. The summed E-state index contributed by atoms with van der Waals surface area (Å²) in [5.41, 5.74) is 2.23. The Kier molecular flexibility index (Phi) is 7.56. The Morgan fingerprint density at radius 2 is 2.16 bits per heavy atom. The van der Waals surface area contributed by atoms with Crippen LogP contribution in [0.15, 0.2) is 29.8 Å². The maximum absolute atomic E-state index is 6.22. The lowest BCUT2D eigenvalue weighted by atomic mass is 10.2. The van der Waals surface area contributed by atoms with Gasteiger partial charge in [-0.3, -0.25) is 0 Å². The van der Waals surface area contributed by atoms with Crippen molar-refractivity contribution in [3.8, 4) is 5.75 Å². The molecule has 4 heteroatoms. The van der Waals surface area contributed by atoms with E-state index in [1.165, 1.54) is 5.57 Å². The van der Waals surface area contributed by atoms with Gasteiger partial charge in [-0.2, -0.15) is 0 Å². The van der Waals surface area contributed by atoms with E-state index in [0.29, 0.717) is 19.8 Å². The van der Waals surface area contributed by atoms with Gasteiger partial charge in [-0.15, -0.1) is 0 Å². The highest BCUT2D eigenvalue weighted by atomic mass is 35.5. The molecule has 0 unspecified atom stereocenters. The topological polar surface area (TPSA) is 30.5 Å². The van der Waals surface area contributed by atoms with Crippen LogP contribution in [0.1, 0.15) is 19.4 Å². The molecule has 1 aromatic carbocycles. The van der Waals surface area contributed by atoms with Gasteiger partial charge in [-0.05, 0) is 32.1 Å². The standard InChI is InChI=1S/C15H22ClNO2/c1-12(2)7-9-19-15-6-4-5-14(16)13(15)11-17-8-10-18-3/h4-7,17H,8-11H2,1-3H3. The molecule has 19 heavy (non-hydrogen) atoms. The Hall–Kier alpha value is -1.03. The molecule has 1 N–H and O–H groups in total. The summed E-state index contributed by atoms with van der Waals surface area (Å²) in [4.78, 5) is 0. The van der Waals surface area contributed by atoms with E-state index in [1.54, 1.807) is 7.11 Å². The van der Waals surface area contributed by atoms with Gasteiger partial charge < -0.3 is 14.8 Å². The van der Waals surface area contributed by atoms with E-state index in [2.05, 4.69) is 19.2 Å². The first-order chi connectivity index (χ1) is 9.15. The van der Waals surface area contributed by atoms with Crippen molar-refractivity contribution in [1.82, 2.24) is 5.32 Å². The average molecular weight is 284 g/mol. The maximum Gasteiger partial charge on any atom is 0.125 e. The van der Waals surface area contributed by atoms with Gasteiger partial charge in [0.1, 0.15) is 12.4 Å². The molecule has 106 valence electrons. The molecule has 0 aliphatic heterocycles. The van der Waals surface area contributed by atoms with Crippen LogP contribution in [-0.4, -0.2) is 26.9 Å². The smallest absolute Gasteiger partial charge is 0.125 e. The fraction of sp³-hybridized carbons (Fsp3) is 0.467. The average Bonchev–Trinajstić information content (AvgIpc) is 2.36. The molecule has 0 saturated carbocycles. The van der Waals surface area contributed by atoms with Crippen molar-refractivity contribution < 1.29 is 9.47 Å². The number of halogens is 1. The van der Waals surface area contributed by atoms with Crippen molar-refractivity contribution in [1.29, 1.82) is 0 Å². The lowest BCUT2D eigenvalue weighted by Crippen LogP contribution is -2.19. The number of hydrogen-bond donors (Lipinski definition) is 1. The van der Waals surface area contributed by atoms with E-state index in [-0.39, 0.29) is 0 Å². The molecule has 3 nitrogen and oxygen atoms in total. The molecule has 0 heterocycles. The summed E-state index contributed by atoms with van der Waals surface area (Å²) in [5.74, 6) is 0.829. The number of allylic oxidation sites excluding steroid dienone is 1. The number of benzene rings is 1. The van der Waals surface area contributed by atoms with Crippen LogP contribution in [0.4, 0.5) is 0 Å². The summed E-state index contributed by atoms with van der Waals surface area (Å²) >= 11 is 6.22. The summed E-state index contributed by atoms with van der Waals surface area (Å²) in [7, 11) is 1.69. The minimum Gasteiger partial charge on any atom is -0.489 e. The van der Waals surface area contributed by atoms with Gasteiger partial charge in [0.25, 0.3) is 0 Å². The second kappa shape index (κ2) is 8.97. The van der Waals surface area contributed by atoms with Gasteiger partial charge >= 0.3 is 0 Å². The number of methoxy groups -OCH3 is 1. The predicted molar refractivity (Wildman–Crippen MR) is 80.0 cm³/mol. The first-order valence-electron chi connectivity index (χ1n) is 6.38. The van der Waals surface area contributed by atoms with Crippen LogP contribution in [0, 0.1) is 0 Å². The second-order valence-corrected chi connectivity index (χ2v) is 4.89. The molecular weight excluding hydrogens is 262 g/mol. The molecule has 0 bridgehead atoms. The van der Waals surface area contributed by atoms with Gasteiger partial charge in [0, 0.05) is 30.8 Å². The van der Waals surface area contributed by atoms with Gasteiger partial charge in [-0.25, -0.2) is 0 Å². The van der Waals surface area contributed by atoms with Crippen LogP contribution in [0.2, 0.25) is 5.02 Å². The van der Waals surface area contributed by atoms with Crippen molar-refractivity contribution >= 4 is 11.6 Å². The Labute approximate surface area is 120 Å². The van der Waals surface area contributed by atoms with Gasteiger partial charge in [0.05, 0.1) is 6.61 Å². The van der Waals surface area contributed by atoms with Crippen LogP contribution in [0.3, 0.4) is 0 Å². The van der Waals surface area contributed by atoms with Crippen molar-refractivity contribution in [3.05, 3.63) is 40.4 Å². The zero-order chi connectivity index (χ0) is 14.1. The molecule has 0 radical (unpaired) electrons. The van der Waals surface area contributed by atoms with E-state index in [9.17, 15) is 0 Å². The predicted octanol–water partition coefficient (Wildman–Crippen LogP) is 3.42. The monoisotopic (exact) mass is 283 g/mol. The minimum absolute atomic E-state index is 0.563. The molecule has 0 aromatic heterocycles. The van der Waals surface area contributed by atoms with Crippen molar-refractivity contribution in [2.75, 3.05) is 26.9 Å². The van der Waals surface area contributed by atoms with Crippen LogP contribution in [0.25, 0.3) is 0 Å². The summed E-state index contributed by atoms with van der Waals surface area (Å²) < 4.78 is 10.8. The molecule has 0 amide bonds. The van der Waals surface area contributed by atoms with E-state index in [1.807, 2.05) is 24.3 Å². The van der Waals surface area contributed by atoms with Gasteiger partial charge in [0.15, 0.2) is 0 Å². The normalized spacial score (nSPS) is 10.3. The summed E-state index contributed by atoms with van der Waals surface area (Å²) in [6.07, 6.45) is 2.04. The highest BCUT2D eigenvalue weighted by molar-refractivity contribution is 6.31. The van der Waals surface area contributed by atoms with E-state index in [4.69, 9.17) is 21.1 Å². The Bertz CT molecular complexity index is 415. The fourth-order valence-electron chi connectivity index (χ4n) is 1.53. The Morgan fingerprint density at radius 1 is 1.37 bits per heavy atom. The third-order valence-electron chi connectivity index (χ3n) is 2.59. The third-order valence-corrected chi connectivity index (χ3v) is 2.95. The van der Waals surface area contributed by atoms with Crippen molar-refractivity contribution in [2.45, 2.75) is 20.4 Å². The van der Waals surface area contributed by atoms with Crippen LogP contribution >= 0.6 is 11.6 Å². The van der Waals surface area contributed by atoms with Crippen LogP contribution in [0.5, 0.6) is 5.75 Å². The van der Waals surface area contributed by atoms with Crippen molar-refractivity contribution in [3.63, 3.8) is 0 Å². The Morgan fingerprint density at radius 3 is 2.84 bits per heavy atom. The molecule has 0 saturated heterocycles. The van der Waals surface area contributed by atoms with Gasteiger partial charge in [-0.1, -0.05) is 23.2 Å². The number of rotatable bonds is 8. The van der Waals surface area contributed by atoms with E-state index >= 15 is 0 Å². The van der Waals surface area contributed by atoms with Crippen LogP contribution < -0.4 is 10.1 Å². The molecule has 0 aliphatic carbocycles. The number of ether oxygens (including phenoxy) is 2. The van der Waals surface area contributed by atoms with E-state index in [0.717, 1.165) is 22.9 Å². The van der Waals surface area contributed by atoms with E-state index < -0.39 is 0 Å². The molecule has 0 fully saturated rings. The largest absolute Gasteiger partial charge is 0.489 e. The minimum atomic E-state index is 0.563. The molecular formula is C15H22ClNO2. The maximum atomic E-state index is 6.22. The highest BCUT2D eigenvalue weighted by Crippen LogP contribution is 2.26. The second-order valence-electron chi connectivity index (χ2n) is 4.48. The zero-order valence-corrected chi connectivity index (χ0v) is 12.6. The zero-order valence-electron chi connectivity index (χ0n) is 11.8. The van der Waals surface area contributed by atoms with Crippen molar-refractivity contribution in [2.24, 2.45) is 0 Å². The molecule has 1 rings (SSSR count). The molecule has 0 aliphatic rings. The SMILES string of the molecule is COCCNCc1c(Cl)cccc1OCC=C(C)C. The summed E-state index contributed by atoms with van der Waals surface area (Å²) in [6.45, 7) is 6.80. The number of hydrogen-bond acceptors (Lipinski definition) is 3. The molecule has 1 aromatic rings. The summed E-state index contributed by atoms with van der Waals surface area (Å²) in [6, 6.07) is 5.72. The van der Waals surface area contributed by atoms with Gasteiger partial charge in [0.2, 0.25) is 0 Å². The number of nitrogens with one attached hydrogen (secondary N) is 1. The fourth-order valence-corrected chi connectivity index (χ4v) is 1.76. The summed E-state index contributed by atoms with van der Waals surface area (Å²) in [5, 5.41) is 4.00. The lowest BCUT2D eigenvalue weighted by molar-refractivity contribution is 0.199. The molecule has 0 spiro atoms.